The molecule has 0 radical (unpaired) electrons. The lowest BCUT2D eigenvalue weighted by Crippen LogP contribution is -2.31. The number of carbonyl (C=O) groups is 3. The van der Waals surface area contributed by atoms with E-state index in [0.29, 0.717) is 33.2 Å². The molecule has 0 aromatic heterocycles. The molecule has 0 saturated heterocycles. The van der Waals surface area contributed by atoms with E-state index in [-0.39, 0.29) is 25.0 Å². The van der Waals surface area contributed by atoms with Gasteiger partial charge < -0.3 is 4.74 Å². The molecule has 1 heterocycles. The van der Waals surface area contributed by atoms with Crippen LogP contribution in [0.3, 0.4) is 0 Å². The summed E-state index contributed by atoms with van der Waals surface area (Å²) in [4.78, 5) is 37.4. The molecule has 2 amide bonds. The van der Waals surface area contributed by atoms with Crippen LogP contribution in [0.25, 0.3) is 6.08 Å². The topological polar surface area (TPSA) is 63.7 Å². The van der Waals surface area contributed by atoms with E-state index in [1.807, 2.05) is 0 Å². The molecule has 0 bridgehead atoms. The van der Waals surface area contributed by atoms with Gasteiger partial charge in [0, 0.05) is 22.7 Å². The number of rotatable bonds is 6. The van der Waals surface area contributed by atoms with Crippen LogP contribution in [0.15, 0.2) is 48.5 Å². The Hall–Kier alpha value is -2.63. The second kappa shape index (κ2) is 8.37. The zero-order chi connectivity index (χ0) is 19.4. The molecule has 2 aromatic carbocycles. The van der Waals surface area contributed by atoms with Crippen molar-refractivity contribution in [1.29, 1.82) is 0 Å². The van der Waals surface area contributed by atoms with Crippen molar-refractivity contribution in [3.8, 4) is 0 Å². The van der Waals surface area contributed by atoms with Crippen LogP contribution in [0, 0.1) is 0 Å². The number of hydrogen-bond donors (Lipinski definition) is 0. The molecule has 0 N–H and O–H groups in total. The number of benzene rings is 2. The highest BCUT2D eigenvalue weighted by Crippen LogP contribution is 2.23. The number of imide groups is 1. The van der Waals surface area contributed by atoms with Crippen molar-refractivity contribution < 1.29 is 19.1 Å². The molecule has 138 valence electrons. The van der Waals surface area contributed by atoms with E-state index in [1.165, 1.54) is 17.1 Å². The Morgan fingerprint density at radius 1 is 1.04 bits per heavy atom. The molecule has 3 rings (SSSR count). The highest BCUT2D eigenvalue weighted by atomic mass is 35.5. The summed E-state index contributed by atoms with van der Waals surface area (Å²) in [5, 5.41) is 0.935. The number of amides is 2. The van der Waals surface area contributed by atoms with E-state index in [1.54, 1.807) is 42.5 Å². The van der Waals surface area contributed by atoms with Gasteiger partial charge in [0.2, 0.25) is 0 Å². The maximum absolute atomic E-state index is 12.2. The van der Waals surface area contributed by atoms with Gasteiger partial charge in [-0.25, -0.2) is 4.79 Å². The molecule has 5 nitrogen and oxygen atoms in total. The largest absolute Gasteiger partial charge is 0.462 e. The maximum Gasteiger partial charge on any atom is 0.330 e. The van der Waals surface area contributed by atoms with Gasteiger partial charge in [-0.2, -0.15) is 0 Å². The number of nitrogens with zero attached hydrogens (tertiary/aromatic N) is 1. The van der Waals surface area contributed by atoms with Crippen LogP contribution in [0.2, 0.25) is 10.0 Å². The Bertz CT molecular complexity index is 904. The summed E-state index contributed by atoms with van der Waals surface area (Å²) in [6, 6.07) is 11.6. The molecule has 0 saturated carbocycles. The molecule has 0 spiro atoms. The Kier molecular flexibility index (Phi) is 5.94. The third kappa shape index (κ3) is 4.38. The van der Waals surface area contributed by atoms with E-state index in [9.17, 15) is 14.4 Å². The number of carbonyl (C=O) groups excluding carboxylic acids is 3. The first-order valence-corrected chi connectivity index (χ1v) is 8.98. The van der Waals surface area contributed by atoms with E-state index in [0.717, 1.165) is 0 Å². The summed E-state index contributed by atoms with van der Waals surface area (Å²) < 4.78 is 5.09. The number of ether oxygens (including phenoxy) is 1. The van der Waals surface area contributed by atoms with Gasteiger partial charge in [0.1, 0.15) is 0 Å². The number of halogens is 2. The average Bonchev–Trinajstić information content (AvgIpc) is 2.89. The lowest BCUT2D eigenvalue weighted by atomic mass is 10.1. The fourth-order valence-electron chi connectivity index (χ4n) is 2.68. The van der Waals surface area contributed by atoms with Gasteiger partial charge in [0.15, 0.2) is 0 Å². The Morgan fingerprint density at radius 3 is 2.33 bits per heavy atom. The molecular weight excluding hydrogens is 389 g/mol. The predicted molar refractivity (Wildman–Crippen MR) is 103 cm³/mol. The van der Waals surface area contributed by atoms with Crippen molar-refractivity contribution in [3.63, 3.8) is 0 Å². The fraction of sp³-hybridized carbons (Fsp3) is 0.150. The van der Waals surface area contributed by atoms with E-state index >= 15 is 0 Å². The van der Waals surface area contributed by atoms with Crippen LogP contribution < -0.4 is 0 Å². The third-order valence-electron chi connectivity index (χ3n) is 4.01. The maximum atomic E-state index is 12.2. The van der Waals surface area contributed by atoms with Crippen LogP contribution in [0.1, 0.15) is 32.7 Å². The smallest absolute Gasteiger partial charge is 0.330 e. The first kappa shape index (κ1) is 19.1. The molecule has 2 aromatic rings. The highest BCUT2D eigenvalue weighted by Gasteiger charge is 2.34. The van der Waals surface area contributed by atoms with Gasteiger partial charge in [0.05, 0.1) is 17.7 Å². The van der Waals surface area contributed by atoms with Crippen LogP contribution in [0.4, 0.5) is 0 Å². The Labute approximate surface area is 166 Å². The summed E-state index contributed by atoms with van der Waals surface area (Å²) in [6.45, 7) is 0.275. The third-order valence-corrected chi connectivity index (χ3v) is 4.57. The average molecular weight is 404 g/mol. The lowest BCUT2D eigenvalue weighted by molar-refractivity contribution is -0.137. The molecule has 1 aliphatic rings. The van der Waals surface area contributed by atoms with Crippen molar-refractivity contribution in [1.82, 2.24) is 4.90 Å². The highest BCUT2D eigenvalue weighted by molar-refractivity contribution is 6.35. The SMILES string of the molecule is O=C(/C=C/c1ccc(Cl)cc1Cl)OCCCN1C(=O)c2ccccc2C1=O. The van der Waals surface area contributed by atoms with Gasteiger partial charge in [0.25, 0.3) is 11.8 Å². The van der Waals surface area contributed by atoms with Crippen LogP contribution >= 0.6 is 23.2 Å². The first-order chi connectivity index (χ1) is 13.0. The summed E-state index contributed by atoms with van der Waals surface area (Å²) in [6.07, 6.45) is 3.15. The van der Waals surface area contributed by atoms with Crippen LogP contribution in [0.5, 0.6) is 0 Å². The van der Waals surface area contributed by atoms with Gasteiger partial charge in [-0.1, -0.05) is 41.4 Å². The molecule has 0 atom stereocenters. The molecule has 7 heteroatoms. The van der Waals surface area contributed by atoms with Crippen LogP contribution in [-0.4, -0.2) is 35.8 Å². The van der Waals surface area contributed by atoms with Crippen molar-refractivity contribution >= 4 is 47.1 Å². The Balaban J connectivity index is 1.47. The van der Waals surface area contributed by atoms with Crippen molar-refractivity contribution in [2.24, 2.45) is 0 Å². The van der Waals surface area contributed by atoms with Gasteiger partial charge in [-0.3, -0.25) is 14.5 Å². The van der Waals surface area contributed by atoms with Gasteiger partial charge in [-0.05, 0) is 42.3 Å². The van der Waals surface area contributed by atoms with Crippen LogP contribution in [-0.2, 0) is 9.53 Å². The van der Waals surface area contributed by atoms with E-state index in [2.05, 4.69) is 0 Å². The van der Waals surface area contributed by atoms with Crippen molar-refractivity contribution in [2.75, 3.05) is 13.2 Å². The Morgan fingerprint density at radius 2 is 1.70 bits per heavy atom. The molecule has 0 unspecified atom stereocenters. The minimum absolute atomic E-state index is 0.0882. The van der Waals surface area contributed by atoms with Crippen molar-refractivity contribution in [2.45, 2.75) is 6.42 Å². The summed E-state index contributed by atoms with van der Waals surface area (Å²) in [7, 11) is 0. The van der Waals surface area contributed by atoms with E-state index in [4.69, 9.17) is 27.9 Å². The van der Waals surface area contributed by atoms with E-state index < -0.39 is 5.97 Å². The van der Waals surface area contributed by atoms with Gasteiger partial charge in [-0.15, -0.1) is 0 Å². The number of fused-ring (bicyclic) bond motifs is 1. The molecule has 1 aliphatic heterocycles. The lowest BCUT2D eigenvalue weighted by Gasteiger charge is -2.13. The zero-order valence-electron chi connectivity index (χ0n) is 14.2. The second-order valence-electron chi connectivity index (χ2n) is 5.83. The summed E-state index contributed by atoms with van der Waals surface area (Å²) >= 11 is 11.8. The monoisotopic (exact) mass is 403 g/mol. The minimum Gasteiger partial charge on any atom is -0.462 e. The molecule has 0 fully saturated rings. The fourth-order valence-corrected chi connectivity index (χ4v) is 3.15. The second-order valence-corrected chi connectivity index (χ2v) is 6.67. The number of hydrogen-bond acceptors (Lipinski definition) is 4. The van der Waals surface area contributed by atoms with Gasteiger partial charge >= 0.3 is 5.97 Å². The summed E-state index contributed by atoms with van der Waals surface area (Å²) in [5.41, 5.74) is 1.45. The van der Waals surface area contributed by atoms with Crippen molar-refractivity contribution in [3.05, 3.63) is 75.3 Å². The molecular formula is C20H15Cl2NO4. The zero-order valence-corrected chi connectivity index (χ0v) is 15.7. The number of esters is 1. The first-order valence-electron chi connectivity index (χ1n) is 8.22. The molecule has 27 heavy (non-hydrogen) atoms. The predicted octanol–water partition coefficient (Wildman–Crippen LogP) is 4.24. The quantitative estimate of drug-likeness (QED) is 0.313. The minimum atomic E-state index is -0.539. The molecule has 0 aliphatic carbocycles. The standard InChI is InChI=1S/C20H15Cl2NO4/c21-14-8-6-13(17(22)12-14)7-9-18(24)27-11-3-10-23-19(25)15-4-1-2-5-16(15)20(23)26/h1-2,4-9,12H,3,10-11H2/b9-7+. The summed E-state index contributed by atoms with van der Waals surface area (Å²) in [5.74, 6) is -1.18. The normalized spacial score (nSPS) is 13.3.